The van der Waals surface area contributed by atoms with E-state index in [4.69, 9.17) is 0 Å². The van der Waals surface area contributed by atoms with E-state index in [1.165, 1.54) is 12.8 Å². The average Bonchev–Trinajstić information content (AvgIpc) is 2.75. The molecule has 1 fully saturated rings. The Hall–Kier alpha value is -1.39. The molecule has 2 rings (SSSR count). The summed E-state index contributed by atoms with van der Waals surface area (Å²) in [5.41, 5.74) is 0. The van der Waals surface area contributed by atoms with E-state index in [1.54, 1.807) is 0 Å². The van der Waals surface area contributed by atoms with Crippen LogP contribution in [-0.2, 0) is 6.42 Å². The Kier molecular flexibility index (Phi) is 4.33. The minimum Gasteiger partial charge on any atom is -0.333 e. The lowest BCUT2D eigenvalue weighted by Crippen LogP contribution is -2.40. The fourth-order valence-electron chi connectivity index (χ4n) is 2.55. The van der Waals surface area contributed by atoms with Crippen molar-refractivity contribution in [2.45, 2.75) is 58.4 Å². The maximum absolute atomic E-state index is 12.4. The van der Waals surface area contributed by atoms with Crippen LogP contribution >= 0.6 is 0 Å². The third kappa shape index (κ3) is 2.71. The Bertz CT molecular complexity index is 401. The van der Waals surface area contributed by atoms with Crippen molar-refractivity contribution in [1.29, 1.82) is 0 Å². The van der Waals surface area contributed by atoms with E-state index in [2.05, 4.69) is 22.1 Å². The largest absolute Gasteiger partial charge is 0.333 e. The summed E-state index contributed by atoms with van der Waals surface area (Å²) in [7, 11) is 0. The molecule has 1 N–H and O–H groups in total. The Morgan fingerprint density at radius 2 is 2.22 bits per heavy atom. The third-order valence-corrected chi connectivity index (χ3v) is 3.67. The molecule has 1 unspecified atom stereocenters. The van der Waals surface area contributed by atoms with Crippen molar-refractivity contribution < 1.29 is 4.79 Å². The Morgan fingerprint density at radius 3 is 2.89 bits per heavy atom. The van der Waals surface area contributed by atoms with Crippen molar-refractivity contribution in [2.75, 3.05) is 6.54 Å². The number of amides is 1. The second-order valence-corrected chi connectivity index (χ2v) is 4.87. The molecule has 0 saturated carbocycles. The normalized spacial score (nSPS) is 20.8. The van der Waals surface area contributed by atoms with Gasteiger partial charge in [0.1, 0.15) is 5.82 Å². The van der Waals surface area contributed by atoms with Crippen molar-refractivity contribution in [2.24, 2.45) is 0 Å². The van der Waals surface area contributed by atoms with Crippen LogP contribution in [0.15, 0.2) is 0 Å². The van der Waals surface area contributed by atoms with E-state index in [0.29, 0.717) is 11.9 Å². The zero-order valence-electron chi connectivity index (χ0n) is 11.3. The molecule has 1 atom stereocenters. The molecule has 0 bridgehead atoms. The first kappa shape index (κ1) is 13.1. The molecule has 1 aliphatic rings. The molecule has 5 nitrogen and oxygen atoms in total. The topological polar surface area (TPSA) is 61.9 Å². The molecular formula is C13H22N4O. The monoisotopic (exact) mass is 250 g/mol. The Morgan fingerprint density at radius 1 is 1.39 bits per heavy atom. The Labute approximate surface area is 108 Å². The lowest BCUT2D eigenvalue weighted by atomic mass is 10.1. The smallest absolute Gasteiger partial charge is 0.293 e. The van der Waals surface area contributed by atoms with Crippen LogP contribution in [-0.4, -0.2) is 38.6 Å². The quantitative estimate of drug-likeness (QED) is 0.894. The fourth-order valence-corrected chi connectivity index (χ4v) is 2.55. The molecule has 1 aliphatic heterocycles. The van der Waals surface area contributed by atoms with Crippen molar-refractivity contribution in [1.82, 2.24) is 20.1 Å². The Balaban J connectivity index is 2.14. The number of aromatic amines is 1. The highest BCUT2D eigenvalue weighted by molar-refractivity contribution is 5.90. The van der Waals surface area contributed by atoms with E-state index in [-0.39, 0.29) is 5.91 Å². The van der Waals surface area contributed by atoms with Gasteiger partial charge in [-0.1, -0.05) is 26.7 Å². The second-order valence-electron chi connectivity index (χ2n) is 4.87. The molecule has 0 aromatic carbocycles. The van der Waals surface area contributed by atoms with Crippen LogP contribution in [0, 0.1) is 0 Å². The summed E-state index contributed by atoms with van der Waals surface area (Å²) in [4.78, 5) is 18.6. The van der Waals surface area contributed by atoms with Gasteiger partial charge in [-0.15, -0.1) is 5.10 Å². The van der Waals surface area contributed by atoms with E-state index in [1.807, 2.05) is 11.8 Å². The summed E-state index contributed by atoms with van der Waals surface area (Å²) < 4.78 is 0. The van der Waals surface area contributed by atoms with Gasteiger partial charge in [0.2, 0.25) is 5.82 Å². The van der Waals surface area contributed by atoms with Gasteiger partial charge in [0, 0.05) is 19.0 Å². The number of H-pyrrole nitrogens is 1. The van der Waals surface area contributed by atoms with Gasteiger partial charge in [-0.3, -0.25) is 9.89 Å². The number of aromatic nitrogens is 3. The standard InChI is InChI=1S/C13H22N4O/c1-3-10-8-6-5-7-9-17(10)13(18)12-14-11(4-2)15-16-12/h10H,3-9H2,1-2H3,(H,14,15,16). The summed E-state index contributed by atoms with van der Waals surface area (Å²) >= 11 is 0. The van der Waals surface area contributed by atoms with Crippen LogP contribution in [0.5, 0.6) is 0 Å². The minimum atomic E-state index is -0.0142. The number of carbonyl (C=O) groups is 1. The summed E-state index contributed by atoms with van der Waals surface area (Å²) in [5.74, 6) is 1.09. The van der Waals surface area contributed by atoms with Crippen molar-refractivity contribution >= 4 is 5.91 Å². The van der Waals surface area contributed by atoms with E-state index in [0.717, 1.165) is 38.1 Å². The predicted octanol–water partition coefficient (Wildman–Crippen LogP) is 2.16. The zero-order valence-corrected chi connectivity index (χ0v) is 11.3. The molecule has 2 heterocycles. The van der Waals surface area contributed by atoms with Gasteiger partial charge < -0.3 is 4.90 Å². The van der Waals surface area contributed by atoms with Gasteiger partial charge in [-0.25, -0.2) is 4.98 Å². The lowest BCUT2D eigenvalue weighted by Gasteiger charge is -2.28. The number of nitrogens with zero attached hydrogens (tertiary/aromatic N) is 3. The summed E-state index contributed by atoms with van der Waals surface area (Å²) in [6, 6.07) is 0.351. The number of hydrogen-bond donors (Lipinski definition) is 1. The molecule has 0 radical (unpaired) electrons. The maximum atomic E-state index is 12.4. The van der Waals surface area contributed by atoms with Gasteiger partial charge >= 0.3 is 0 Å². The first-order valence-electron chi connectivity index (χ1n) is 6.98. The van der Waals surface area contributed by atoms with Crippen LogP contribution < -0.4 is 0 Å². The first-order chi connectivity index (χ1) is 8.76. The van der Waals surface area contributed by atoms with Crippen LogP contribution in [0.1, 0.15) is 62.4 Å². The number of hydrogen-bond acceptors (Lipinski definition) is 3. The highest BCUT2D eigenvalue weighted by atomic mass is 16.2. The highest BCUT2D eigenvalue weighted by Crippen LogP contribution is 2.20. The zero-order chi connectivity index (χ0) is 13.0. The summed E-state index contributed by atoms with van der Waals surface area (Å²) in [6.45, 7) is 4.98. The van der Waals surface area contributed by atoms with Gasteiger partial charge in [-0.05, 0) is 19.3 Å². The molecule has 1 aromatic rings. The maximum Gasteiger partial charge on any atom is 0.293 e. The molecule has 1 saturated heterocycles. The van der Waals surface area contributed by atoms with E-state index >= 15 is 0 Å². The first-order valence-corrected chi connectivity index (χ1v) is 6.98. The molecule has 1 amide bonds. The minimum absolute atomic E-state index is 0.0142. The fraction of sp³-hybridized carbons (Fsp3) is 0.769. The number of rotatable bonds is 3. The third-order valence-electron chi connectivity index (χ3n) is 3.67. The van der Waals surface area contributed by atoms with Gasteiger partial charge in [0.05, 0.1) is 0 Å². The van der Waals surface area contributed by atoms with Crippen LogP contribution in [0.2, 0.25) is 0 Å². The second kappa shape index (κ2) is 5.98. The molecule has 5 heteroatoms. The van der Waals surface area contributed by atoms with Crippen LogP contribution in [0.4, 0.5) is 0 Å². The van der Waals surface area contributed by atoms with Crippen molar-refractivity contribution in [3.8, 4) is 0 Å². The summed E-state index contributed by atoms with van der Waals surface area (Å²) in [6.07, 6.45) is 6.42. The lowest BCUT2D eigenvalue weighted by molar-refractivity contribution is 0.0666. The van der Waals surface area contributed by atoms with Gasteiger partial charge in [0.25, 0.3) is 5.91 Å². The van der Waals surface area contributed by atoms with Crippen molar-refractivity contribution in [3.05, 3.63) is 11.6 Å². The highest BCUT2D eigenvalue weighted by Gasteiger charge is 2.27. The number of aryl methyl sites for hydroxylation is 1. The van der Waals surface area contributed by atoms with Crippen LogP contribution in [0.25, 0.3) is 0 Å². The van der Waals surface area contributed by atoms with E-state index < -0.39 is 0 Å². The average molecular weight is 250 g/mol. The number of nitrogens with one attached hydrogen (secondary N) is 1. The predicted molar refractivity (Wildman–Crippen MR) is 69.3 cm³/mol. The van der Waals surface area contributed by atoms with Crippen LogP contribution in [0.3, 0.4) is 0 Å². The van der Waals surface area contributed by atoms with Gasteiger partial charge in [0.15, 0.2) is 0 Å². The number of carbonyl (C=O) groups excluding carboxylic acids is 1. The molecule has 0 spiro atoms. The summed E-state index contributed by atoms with van der Waals surface area (Å²) in [5, 5.41) is 6.85. The van der Waals surface area contributed by atoms with Crippen molar-refractivity contribution in [3.63, 3.8) is 0 Å². The number of likely N-dealkylation sites (tertiary alicyclic amines) is 1. The molecule has 0 aliphatic carbocycles. The molecule has 1 aromatic heterocycles. The van der Waals surface area contributed by atoms with E-state index in [9.17, 15) is 4.79 Å². The molecular weight excluding hydrogens is 228 g/mol. The SMILES string of the molecule is CCc1nc(C(=O)N2CCCCCC2CC)n[nH]1. The molecule has 18 heavy (non-hydrogen) atoms. The van der Waals surface area contributed by atoms with Gasteiger partial charge in [-0.2, -0.15) is 0 Å². The molecule has 100 valence electrons.